The Morgan fingerprint density at radius 3 is 2.38 bits per heavy atom. The van der Waals surface area contributed by atoms with Gasteiger partial charge < -0.3 is 9.30 Å². The summed E-state index contributed by atoms with van der Waals surface area (Å²) in [5.74, 6) is -1.43. The highest BCUT2D eigenvalue weighted by atomic mass is 32.2. The summed E-state index contributed by atoms with van der Waals surface area (Å²) in [5.41, 5.74) is 2.69. The molecule has 0 radical (unpaired) electrons. The number of carbonyl (C=O) groups is 2. The van der Waals surface area contributed by atoms with E-state index in [1.54, 1.807) is 32.0 Å². The largest absolute Gasteiger partial charge is 0.457 e. The molecule has 3 rings (SSSR count). The van der Waals surface area contributed by atoms with Crippen molar-refractivity contribution in [3.63, 3.8) is 0 Å². The molecule has 1 saturated heterocycles. The molecule has 1 aliphatic rings. The molecule has 2 aromatic rings. The molecule has 1 aliphatic heterocycles. The molecule has 8 nitrogen and oxygen atoms in total. The summed E-state index contributed by atoms with van der Waals surface area (Å²) in [5, 5.41) is 0. The third-order valence-electron chi connectivity index (χ3n) is 5.68. The second-order valence-corrected chi connectivity index (χ2v) is 12.5. The number of ether oxygens (including phenoxy) is 1. The molecule has 0 saturated carbocycles. The van der Waals surface area contributed by atoms with Crippen molar-refractivity contribution >= 4 is 31.4 Å². The van der Waals surface area contributed by atoms with Crippen LogP contribution in [0.2, 0.25) is 0 Å². The van der Waals surface area contributed by atoms with E-state index in [-0.39, 0.29) is 28.9 Å². The first-order valence-corrected chi connectivity index (χ1v) is 13.7. The van der Waals surface area contributed by atoms with Gasteiger partial charge in [-0.05, 0) is 45.4 Å². The molecule has 0 bridgehead atoms. The zero-order chi connectivity index (χ0) is 23.7. The van der Waals surface area contributed by atoms with Gasteiger partial charge in [0.25, 0.3) is 0 Å². The first kappa shape index (κ1) is 24.2. The first-order chi connectivity index (χ1) is 14.9. The number of benzene rings is 1. The molecule has 2 heterocycles. The fourth-order valence-electron chi connectivity index (χ4n) is 3.98. The van der Waals surface area contributed by atoms with Crippen LogP contribution in [-0.4, -0.2) is 57.0 Å². The van der Waals surface area contributed by atoms with Crippen LogP contribution in [0.15, 0.2) is 35.2 Å². The van der Waals surface area contributed by atoms with Crippen LogP contribution in [0.3, 0.4) is 0 Å². The minimum Gasteiger partial charge on any atom is -0.457 e. The van der Waals surface area contributed by atoms with E-state index in [2.05, 4.69) is 0 Å². The number of carbonyl (C=O) groups excluding carboxylic acids is 2. The van der Waals surface area contributed by atoms with Crippen LogP contribution in [0.25, 0.3) is 0 Å². The molecule has 1 aromatic carbocycles. The summed E-state index contributed by atoms with van der Waals surface area (Å²) >= 11 is 0. The number of esters is 1. The Hall–Kier alpha value is -2.46. The van der Waals surface area contributed by atoms with Crippen molar-refractivity contribution in [2.75, 3.05) is 23.9 Å². The Kier molecular flexibility index (Phi) is 6.94. The lowest BCUT2D eigenvalue weighted by atomic mass is 10.1. The van der Waals surface area contributed by atoms with Crippen LogP contribution in [0.5, 0.6) is 0 Å². The minimum absolute atomic E-state index is 0.0431. The lowest BCUT2D eigenvalue weighted by Crippen LogP contribution is -2.18. The third kappa shape index (κ3) is 5.47. The Balaban J connectivity index is 1.58. The summed E-state index contributed by atoms with van der Waals surface area (Å²) in [7, 11) is -6.70. The number of hydrogen-bond acceptors (Lipinski definition) is 7. The van der Waals surface area contributed by atoms with Crippen LogP contribution < -0.4 is 0 Å². The molecule has 0 amide bonds. The highest BCUT2D eigenvalue weighted by Crippen LogP contribution is 2.29. The van der Waals surface area contributed by atoms with Crippen LogP contribution in [0.4, 0.5) is 0 Å². The van der Waals surface area contributed by atoms with Gasteiger partial charge in [-0.2, -0.15) is 0 Å². The van der Waals surface area contributed by atoms with Gasteiger partial charge in [-0.15, -0.1) is 0 Å². The van der Waals surface area contributed by atoms with Crippen molar-refractivity contribution < 1.29 is 31.2 Å². The Labute approximate surface area is 188 Å². The van der Waals surface area contributed by atoms with Crippen molar-refractivity contribution in [2.45, 2.75) is 44.6 Å². The highest BCUT2D eigenvalue weighted by molar-refractivity contribution is 7.91. The number of aryl methyl sites for hydroxylation is 2. The lowest BCUT2D eigenvalue weighted by Gasteiger charge is -2.16. The number of aromatic nitrogens is 1. The van der Waals surface area contributed by atoms with Gasteiger partial charge in [0.15, 0.2) is 26.3 Å². The summed E-state index contributed by atoms with van der Waals surface area (Å²) in [4.78, 5) is 24.8. The van der Waals surface area contributed by atoms with Gasteiger partial charge in [0, 0.05) is 23.0 Å². The molecule has 1 fully saturated rings. The van der Waals surface area contributed by atoms with Gasteiger partial charge in [0.2, 0.25) is 5.78 Å². The fraction of sp³-hybridized carbons (Fsp3) is 0.455. The molecule has 1 aromatic heterocycles. The maximum Gasteiger partial charge on any atom is 0.307 e. The highest BCUT2D eigenvalue weighted by Gasteiger charge is 2.31. The second kappa shape index (κ2) is 9.19. The third-order valence-corrected chi connectivity index (χ3v) is 9.16. The van der Waals surface area contributed by atoms with E-state index < -0.39 is 43.8 Å². The number of hydrogen-bond donors (Lipinski definition) is 0. The number of rotatable bonds is 8. The van der Waals surface area contributed by atoms with Gasteiger partial charge in [0.05, 0.1) is 28.6 Å². The lowest BCUT2D eigenvalue weighted by molar-refractivity contribution is -0.142. The maximum absolute atomic E-state index is 12.6. The van der Waals surface area contributed by atoms with Gasteiger partial charge >= 0.3 is 5.97 Å². The fourth-order valence-corrected chi connectivity index (χ4v) is 6.90. The summed E-state index contributed by atoms with van der Waals surface area (Å²) in [6.45, 7) is 4.88. The predicted octanol–water partition coefficient (Wildman–Crippen LogP) is 2.36. The Bertz CT molecular complexity index is 1240. The zero-order valence-corrected chi connectivity index (χ0v) is 20.0. The Morgan fingerprint density at radius 2 is 1.78 bits per heavy atom. The van der Waals surface area contributed by atoms with Crippen LogP contribution in [0.1, 0.15) is 46.2 Å². The average molecular weight is 482 g/mol. The number of sulfone groups is 2. The normalized spacial score (nSPS) is 17.9. The quantitative estimate of drug-likeness (QED) is 0.420. The van der Waals surface area contributed by atoms with Crippen molar-refractivity contribution in [2.24, 2.45) is 0 Å². The predicted molar refractivity (Wildman–Crippen MR) is 119 cm³/mol. The first-order valence-electron chi connectivity index (χ1n) is 10.3. The number of Topliss-reactive ketones (excluding diaryl/α,β-unsaturated/α-hetero) is 1. The molecule has 1 atom stereocenters. The molecule has 0 aliphatic carbocycles. The molecule has 0 N–H and O–H groups in total. The van der Waals surface area contributed by atoms with E-state index in [0.29, 0.717) is 17.7 Å². The van der Waals surface area contributed by atoms with Crippen LogP contribution in [0, 0.1) is 20.8 Å². The van der Waals surface area contributed by atoms with E-state index in [9.17, 15) is 26.4 Å². The van der Waals surface area contributed by atoms with Gasteiger partial charge in [-0.25, -0.2) is 16.8 Å². The SMILES string of the molecule is Cc1ccc(S(=O)(=O)CCC(=O)OCC(=O)c2cc(C)n(C3CCS(=O)(=O)C3)c2C)cc1. The Morgan fingerprint density at radius 1 is 1.12 bits per heavy atom. The molecular weight excluding hydrogens is 454 g/mol. The van der Waals surface area contributed by atoms with Crippen molar-refractivity contribution in [1.29, 1.82) is 0 Å². The standard InChI is InChI=1S/C22H27NO7S2/c1-15-4-6-19(7-5-15)32(28,29)11-9-22(25)30-13-21(24)20-12-16(2)23(17(20)3)18-8-10-31(26,27)14-18/h4-7,12,18H,8-11,13-14H2,1-3H3. The molecule has 174 valence electrons. The van der Waals surface area contributed by atoms with Gasteiger partial charge in [-0.3, -0.25) is 9.59 Å². The van der Waals surface area contributed by atoms with Crippen LogP contribution in [-0.2, 0) is 29.2 Å². The molecule has 0 spiro atoms. The maximum atomic E-state index is 12.6. The average Bonchev–Trinajstić information content (AvgIpc) is 3.22. The number of ketones is 1. The van der Waals surface area contributed by atoms with E-state index in [1.165, 1.54) is 12.1 Å². The zero-order valence-electron chi connectivity index (χ0n) is 18.3. The van der Waals surface area contributed by atoms with E-state index in [4.69, 9.17) is 4.74 Å². The smallest absolute Gasteiger partial charge is 0.307 e. The van der Waals surface area contributed by atoms with Crippen molar-refractivity contribution in [1.82, 2.24) is 4.57 Å². The molecule has 32 heavy (non-hydrogen) atoms. The summed E-state index contributed by atoms with van der Waals surface area (Å²) in [6.07, 6.45) is 0.138. The summed E-state index contributed by atoms with van der Waals surface area (Å²) < 4.78 is 55.2. The van der Waals surface area contributed by atoms with E-state index in [1.807, 2.05) is 11.5 Å². The summed E-state index contributed by atoms with van der Waals surface area (Å²) in [6, 6.07) is 7.80. The topological polar surface area (TPSA) is 117 Å². The van der Waals surface area contributed by atoms with Crippen LogP contribution >= 0.6 is 0 Å². The second-order valence-electron chi connectivity index (χ2n) is 8.18. The molecular formula is C22H27NO7S2. The monoisotopic (exact) mass is 481 g/mol. The van der Waals surface area contributed by atoms with E-state index in [0.717, 1.165) is 11.3 Å². The van der Waals surface area contributed by atoms with E-state index >= 15 is 0 Å². The molecule has 1 unspecified atom stereocenters. The minimum atomic E-state index is -3.63. The van der Waals surface area contributed by atoms with Gasteiger partial charge in [-0.1, -0.05) is 17.7 Å². The molecule has 10 heteroatoms. The van der Waals surface area contributed by atoms with Gasteiger partial charge in [0.1, 0.15) is 0 Å². The van der Waals surface area contributed by atoms with Crippen molar-refractivity contribution in [3.8, 4) is 0 Å². The number of nitrogens with zero attached hydrogens (tertiary/aromatic N) is 1. The van der Waals surface area contributed by atoms with Crippen molar-refractivity contribution in [3.05, 3.63) is 52.8 Å².